The molecule has 0 spiro atoms. The Bertz CT molecular complexity index is 55.8. The predicted molar refractivity (Wildman–Crippen MR) is 18.9 cm³/mol. The Balaban J connectivity index is -0.0000000133. The maximum absolute atomic E-state index is 9.24. The van der Waals surface area contributed by atoms with E-state index in [2.05, 4.69) is 5.73 Å². The van der Waals surface area contributed by atoms with E-state index >= 15 is 0 Å². The van der Waals surface area contributed by atoms with Gasteiger partial charge in [0.2, 0.25) is 0 Å². The molecule has 3 nitrogen and oxygen atoms in total. The number of nitrogens with two attached hydrogens (primary N) is 1. The first-order chi connectivity index (χ1) is 2.27. The Kier molecular flexibility index (Phi) is 26.9. The molecule has 0 atom stereocenters. The summed E-state index contributed by atoms with van der Waals surface area (Å²) < 4.78 is 0. The average molecular weight is 155 g/mol. The van der Waals surface area contributed by atoms with Crippen molar-refractivity contribution in [2.45, 2.75) is 0 Å². The van der Waals surface area contributed by atoms with Crippen molar-refractivity contribution in [2.24, 2.45) is 5.73 Å². The second-order valence-corrected chi connectivity index (χ2v) is 0.598. The van der Waals surface area contributed by atoms with Crippen molar-refractivity contribution >= 4 is 5.97 Å². The van der Waals surface area contributed by atoms with Gasteiger partial charge in [-0.05, 0) is 0 Å². The summed E-state index contributed by atoms with van der Waals surface area (Å²) >= 11 is 0. The zero-order valence-electron chi connectivity index (χ0n) is 6.64. The summed E-state index contributed by atoms with van der Waals surface area (Å²) in [5.41, 5.74) is 4.57. The molecule has 7 heavy (non-hydrogen) atoms. The molecule has 0 fully saturated rings. The van der Waals surface area contributed by atoms with Crippen LogP contribution in [0.1, 0.15) is 2.85 Å². The molecule has 0 aromatic rings. The molecule has 0 aliphatic carbocycles. The van der Waals surface area contributed by atoms with Crippen LogP contribution in [0.3, 0.4) is 0 Å². The molecule has 3 N–H and O–H groups in total. The second kappa shape index (κ2) is 11.5. The van der Waals surface area contributed by atoms with E-state index in [9.17, 15) is 4.79 Å². The number of aliphatic carboxylic acids is 1. The minimum atomic E-state index is -0.968. The maximum atomic E-state index is 9.24. The van der Waals surface area contributed by atoms with Crippen LogP contribution in [-0.2, 0) is 4.79 Å². The molecule has 0 saturated carbocycles. The molecule has 0 bridgehead atoms. The van der Waals surface area contributed by atoms with Crippen LogP contribution in [0.15, 0.2) is 0 Å². The zero-order chi connectivity index (χ0) is 4.28. The predicted octanol–water partition coefficient (Wildman–Crippen LogP) is -6.74. The summed E-state index contributed by atoms with van der Waals surface area (Å²) in [6.07, 6.45) is 0. The molecular weight excluding hydrogens is 148 g/mol. The summed E-state index contributed by atoms with van der Waals surface area (Å²) in [4.78, 5) is 9.24. The van der Waals surface area contributed by atoms with Gasteiger partial charge in [-0.1, -0.05) is 0 Å². The Morgan fingerprint density at radius 1 is 1.71 bits per heavy atom. The van der Waals surface area contributed by atoms with E-state index in [1.54, 1.807) is 0 Å². The molecule has 0 aliphatic heterocycles. The SMILES string of the molecule is NCC(=O)O.[H-].[H-].[K+].[K+]. The smallest absolute Gasteiger partial charge is 1.00 e. The van der Waals surface area contributed by atoms with E-state index in [4.69, 9.17) is 5.11 Å². The third-order valence-corrected chi connectivity index (χ3v) is 0.175. The Morgan fingerprint density at radius 3 is 1.86 bits per heavy atom. The van der Waals surface area contributed by atoms with Crippen molar-refractivity contribution in [3.8, 4) is 0 Å². The number of hydrogen-bond donors (Lipinski definition) is 2. The molecular formula is C2H7K2NO2. The van der Waals surface area contributed by atoms with E-state index < -0.39 is 5.97 Å². The fourth-order valence-electron chi connectivity index (χ4n) is 0. The number of carbonyl (C=O) groups is 1. The number of rotatable bonds is 1. The number of carboxylic acids is 1. The first-order valence-corrected chi connectivity index (χ1v) is 1.19. The fraction of sp³-hybridized carbons (Fsp3) is 0.500. The Morgan fingerprint density at radius 2 is 1.86 bits per heavy atom. The van der Waals surface area contributed by atoms with E-state index in [0.717, 1.165) is 0 Å². The van der Waals surface area contributed by atoms with Gasteiger partial charge < -0.3 is 13.7 Å². The molecule has 0 aromatic heterocycles. The van der Waals surface area contributed by atoms with E-state index in [-0.39, 0.29) is 112 Å². The Hall–Kier alpha value is 2.70. The van der Waals surface area contributed by atoms with Crippen LogP contribution in [-0.4, -0.2) is 17.6 Å². The van der Waals surface area contributed by atoms with Crippen LogP contribution >= 0.6 is 0 Å². The molecule has 5 heteroatoms. The zero-order valence-corrected chi connectivity index (χ0v) is 10.9. The van der Waals surface area contributed by atoms with Gasteiger partial charge in [0.05, 0.1) is 6.54 Å². The van der Waals surface area contributed by atoms with E-state index in [1.807, 2.05) is 0 Å². The van der Waals surface area contributed by atoms with E-state index in [0.29, 0.717) is 0 Å². The maximum Gasteiger partial charge on any atom is 1.00 e. The average Bonchev–Trinajstić information content (AvgIpc) is 1.38. The molecule has 0 aromatic carbocycles. The van der Waals surface area contributed by atoms with Crippen molar-refractivity contribution in [3.05, 3.63) is 0 Å². The Labute approximate surface area is 130 Å². The number of hydrogen-bond acceptors (Lipinski definition) is 2. The van der Waals surface area contributed by atoms with Crippen LogP contribution in [0.2, 0.25) is 0 Å². The molecule has 34 valence electrons. The summed E-state index contributed by atoms with van der Waals surface area (Å²) in [5, 5.41) is 7.60. The molecule has 0 unspecified atom stereocenters. The van der Waals surface area contributed by atoms with Gasteiger partial charge in [-0.25, -0.2) is 0 Å². The third-order valence-electron chi connectivity index (χ3n) is 0.175. The van der Waals surface area contributed by atoms with Gasteiger partial charge in [-0.3, -0.25) is 4.79 Å². The topological polar surface area (TPSA) is 63.3 Å². The molecule has 0 amide bonds. The van der Waals surface area contributed by atoms with Crippen molar-refractivity contribution in [1.82, 2.24) is 0 Å². The standard InChI is InChI=1S/C2H5NO2.2K.2H/c3-1-2(4)5;;;;/h1,3H2,(H,4,5);;;;/q;2*+1;2*-1. The van der Waals surface area contributed by atoms with Gasteiger partial charge in [0.1, 0.15) is 0 Å². The van der Waals surface area contributed by atoms with Gasteiger partial charge in [-0.2, -0.15) is 0 Å². The first-order valence-electron chi connectivity index (χ1n) is 1.19. The van der Waals surface area contributed by atoms with Gasteiger partial charge in [-0.15, -0.1) is 0 Å². The van der Waals surface area contributed by atoms with Crippen LogP contribution in [0.5, 0.6) is 0 Å². The van der Waals surface area contributed by atoms with Gasteiger partial charge in [0.25, 0.3) is 0 Å². The normalized spacial score (nSPS) is 5.29. The summed E-state index contributed by atoms with van der Waals surface area (Å²) in [6, 6.07) is 0. The summed E-state index contributed by atoms with van der Waals surface area (Å²) in [7, 11) is 0. The number of carboxylic acid groups (broad SMARTS) is 1. The molecule has 0 aliphatic rings. The van der Waals surface area contributed by atoms with Crippen molar-refractivity contribution in [3.63, 3.8) is 0 Å². The largest absolute Gasteiger partial charge is 1.00 e. The van der Waals surface area contributed by atoms with Crippen LogP contribution in [0.4, 0.5) is 0 Å². The minimum Gasteiger partial charge on any atom is -1.00 e. The molecule has 0 rings (SSSR count). The van der Waals surface area contributed by atoms with Crippen LogP contribution in [0.25, 0.3) is 0 Å². The molecule has 0 heterocycles. The molecule has 0 radical (unpaired) electrons. The summed E-state index contributed by atoms with van der Waals surface area (Å²) in [6.45, 7) is -0.278. The van der Waals surface area contributed by atoms with E-state index in [1.165, 1.54) is 0 Å². The summed E-state index contributed by atoms with van der Waals surface area (Å²) in [5.74, 6) is -0.968. The van der Waals surface area contributed by atoms with Crippen molar-refractivity contribution < 1.29 is 116 Å². The van der Waals surface area contributed by atoms with Gasteiger partial charge >= 0.3 is 109 Å². The van der Waals surface area contributed by atoms with Gasteiger partial charge in [0.15, 0.2) is 0 Å². The van der Waals surface area contributed by atoms with Gasteiger partial charge in [0, 0.05) is 0 Å². The van der Waals surface area contributed by atoms with Crippen LogP contribution < -0.4 is 109 Å². The minimum absolute atomic E-state index is 0. The second-order valence-electron chi connectivity index (χ2n) is 0.598. The first kappa shape index (κ1) is 16.4. The third kappa shape index (κ3) is 17.7. The van der Waals surface area contributed by atoms with Crippen LogP contribution in [0, 0.1) is 0 Å². The fourth-order valence-corrected chi connectivity index (χ4v) is 0. The monoisotopic (exact) mass is 155 g/mol. The quantitative estimate of drug-likeness (QED) is 0.370. The van der Waals surface area contributed by atoms with Crippen molar-refractivity contribution in [2.75, 3.05) is 6.54 Å². The molecule has 0 saturated heterocycles. The van der Waals surface area contributed by atoms with Crippen molar-refractivity contribution in [1.29, 1.82) is 0 Å².